The second kappa shape index (κ2) is 8.32. The molecule has 1 fully saturated rings. The third-order valence-electron chi connectivity index (χ3n) is 4.49. The minimum atomic E-state index is -0.0923. The fraction of sp³-hybridized carbons (Fsp3) is 0.350. The fourth-order valence-corrected chi connectivity index (χ4v) is 3.34. The number of hydrogen-bond donors (Lipinski definition) is 1. The van der Waals surface area contributed by atoms with Crippen LogP contribution >= 0.6 is 11.6 Å². The Bertz CT molecular complexity index is 696. The monoisotopic (exact) mass is 342 g/mol. The van der Waals surface area contributed by atoms with Gasteiger partial charge in [-0.15, -0.1) is 0 Å². The van der Waals surface area contributed by atoms with E-state index in [-0.39, 0.29) is 5.91 Å². The summed E-state index contributed by atoms with van der Waals surface area (Å²) in [6.07, 6.45) is 3.91. The summed E-state index contributed by atoms with van der Waals surface area (Å²) in [5, 5.41) is 3.58. The van der Waals surface area contributed by atoms with Crippen molar-refractivity contribution in [3.8, 4) is 0 Å². The molecule has 0 aliphatic carbocycles. The highest BCUT2D eigenvalue weighted by atomic mass is 35.5. The number of piperidine rings is 1. The highest BCUT2D eigenvalue weighted by Gasteiger charge is 2.13. The summed E-state index contributed by atoms with van der Waals surface area (Å²) >= 11 is 5.95. The predicted molar refractivity (Wildman–Crippen MR) is 98.2 cm³/mol. The Morgan fingerprint density at radius 3 is 2.50 bits per heavy atom. The van der Waals surface area contributed by atoms with Crippen LogP contribution in [0.25, 0.3) is 0 Å². The van der Waals surface area contributed by atoms with Crippen molar-refractivity contribution in [2.75, 3.05) is 13.1 Å². The Hall–Kier alpha value is -1.84. The summed E-state index contributed by atoms with van der Waals surface area (Å²) in [4.78, 5) is 14.8. The lowest BCUT2D eigenvalue weighted by molar-refractivity contribution is 0.0950. The van der Waals surface area contributed by atoms with Crippen molar-refractivity contribution in [3.05, 3.63) is 70.2 Å². The molecule has 0 atom stereocenters. The second-order valence-corrected chi connectivity index (χ2v) is 6.73. The van der Waals surface area contributed by atoms with Gasteiger partial charge in [0, 0.05) is 23.7 Å². The van der Waals surface area contributed by atoms with Gasteiger partial charge in [0.1, 0.15) is 0 Å². The predicted octanol–water partition coefficient (Wildman–Crippen LogP) is 4.26. The molecule has 24 heavy (non-hydrogen) atoms. The van der Waals surface area contributed by atoms with Gasteiger partial charge < -0.3 is 5.32 Å². The zero-order valence-electron chi connectivity index (χ0n) is 13.8. The highest BCUT2D eigenvalue weighted by molar-refractivity contribution is 6.30. The zero-order valence-corrected chi connectivity index (χ0v) is 14.6. The lowest BCUT2D eigenvalue weighted by atomic mass is 10.0. The number of amides is 1. The van der Waals surface area contributed by atoms with Crippen LogP contribution in [0.15, 0.2) is 48.5 Å². The summed E-state index contributed by atoms with van der Waals surface area (Å²) in [6.45, 7) is 3.84. The van der Waals surface area contributed by atoms with Crippen LogP contribution in [0.5, 0.6) is 0 Å². The number of halogens is 1. The molecule has 0 bridgehead atoms. The maximum absolute atomic E-state index is 12.3. The first-order valence-electron chi connectivity index (χ1n) is 8.55. The van der Waals surface area contributed by atoms with Crippen LogP contribution in [0.2, 0.25) is 5.02 Å². The molecular weight excluding hydrogens is 320 g/mol. The molecule has 1 aliphatic heterocycles. The van der Waals surface area contributed by atoms with E-state index < -0.39 is 0 Å². The van der Waals surface area contributed by atoms with Gasteiger partial charge in [-0.05, 0) is 55.3 Å². The molecule has 3 nitrogen and oxygen atoms in total. The van der Waals surface area contributed by atoms with Crippen molar-refractivity contribution in [1.29, 1.82) is 0 Å². The van der Waals surface area contributed by atoms with Gasteiger partial charge in [0.05, 0.1) is 0 Å². The number of carbonyl (C=O) groups is 1. The Balaban J connectivity index is 1.63. The first kappa shape index (κ1) is 17.0. The lowest BCUT2D eigenvalue weighted by Crippen LogP contribution is -2.30. The van der Waals surface area contributed by atoms with E-state index in [2.05, 4.69) is 28.4 Å². The maximum atomic E-state index is 12.3. The molecule has 2 aromatic rings. The molecule has 3 rings (SSSR count). The van der Waals surface area contributed by atoms with E-state index >= 15 is 0 Å². The van der Waals surface area contributed by atoms with Gasteiger partial charge in [-0.25, -0.2) is 0 Å². The standard InChI is InChI=1S/C20H23ClN2O/c21-19-10-6-9-16(13-19)20(24)22-14-17-7-2-3-8-18(17)15-23-11-4-1-5-12-23/h2-3,6-10,13H,1,4-5,11-12,14-15H2,(H,22,24). The fourth-order valence-electron chi connectivity index (χ4n) is 3.15. The number of likely N-dealkylation sites (tertiary alicyclic amines) is 1. The average molecular weight is 343 g/mol. The van der Waals surface area contributed by atoms with Gasteiger partial charge in [-0.2, -0.15) is 0 Å². The quantitative estimate of drug-likeness (QED) is 0.880. The molecule has 0 spiro atoms. The number of hydrogen-bond acceptors (Lipinski definition) is 2. The van der Waals surface area contributed by atoms with E-state index in [9.17, 15) is 4.79 Å². The molecule has 0 saturated carbocycles. The topological polar surface area (TPSA) is 32.3 Å². The van der Waals surface area contributed by atoms with Crippen molar-refractivity contribution in [2.45, 2.75) is 32.4 Å². The van der Waals surface area contributed by atoms with Crippen molar-refractivity contribution < 1.29 is 4.79 Å². The molecule has 2 aromatic carbocycles. The Kier molecular flexibility index (Phi) is 5.89. The van der Waals surface area contributed by atoms with Crippen molar-refractivity contribution in [2.24, 2.45) is 0 Å². The molecule has 1 N–H and O–H groups in total. The number of nitrogens with one attached hydrogen (secondary N) is 1. The number of benzene rings is 2. The minimum Gasteiger partial charge on any atom is -0.348 e. The van der Waals surface area contributed by atoms with Crippen LogP contribution in [-0.4, -0.2) is 23.9 Å². The molecule has 126 valence electrons. The van der Waals surface area contributed by atoms with Crippen LogP contribution in [-0.2, 0) is 13.1 Å². The molecule has 0 unspecified atom stereocenters. The van der Waals surface area contributed by atoms with E-state index in [0.717, 1.165) is 6.54 Å². The summed E-state index contributed by atoms with van der Waals surface area (Å²) in [5.41, 5.74) is 3.07. The Morgan fingerprint density at radius 1 is 1.00 bits per heavy atom. The molecule has 1 saturated heterocycles. The average Bonchev–Trinajstić information content (AvgIpc) is 2.61. The van der Waals surface area contributed by atoms with Gasteiger partial charge in [0.2, 0.25) is 0 Å². The van der Waals surface area contributed by atoms with Gasteiger partial charge in [-0.1, -0.05) is 48.4 Å². The SMILES string of the molecule is O=C(NCc1ccccc1CN1CCCCC1)c1cccc(Cl)c1. The van der Waals surface area contributed by atoms with Gasteiger partial charge in [0.25, 0.3) is 5.91 Å². The second-order valence-electron chi connectivity index (χ2n) is 6.30. The molecule has 1 aliphatic rings. The maximum Gasteiger partial charge on any atom is 0.251 e. The first-order chi connectivity index (χ1) is 11.7. The van der Waals surface area contributed by atoms with Gasteiger partial charge >= 0.3 is 0 Å². The summed E-state index contributed by atoms with van der Waals surface area (Å²) in [6, 6.07) is 15.4. The lowest BCUT2D eigenvalue weighted by Gasteiger charge is -2.27. The van der Waals surface area contributed by atoms with Gasteiger partial charge in [-0.3, -0.25) is 9.69 Å². The van der Waals surface area contributed by atoms with Crippen LogP contribution in [0.3, 0.4) is 0 Å². The number of nitrogens with zero attached hydrogens (tertiary/aromatic N) is 1. The van der Waals surface area contributed by atoms with Crippen LogP contribution < -0.4 is 5.32 Å². The molecule has 0 aromatic heterocycles. The third-order valence-corrected chi connectivity index (χ3v) is 4.72. The van der Waals surface area contributed by atoms with E-state index in [4.69, 9.17) is 11.6 Å². The Morgan fingerprint density at radius 2 is 1.75 bits per heavy atom. The van der Waals surface area contributed by atoms with Crippen LogP contribution in [0, 0.1) is 0 Å². The first-order valence-corrected chi connectivity index (χ1v) is 8.93. The zero-order chi connectivity index (χ0) is 16.8. The molecule has 0 radical (unpaired) electrons. The van der Waals surface area contributed by atoms with E-state index in [1.165, 1.54) is 43.5 Å². The van der Waals surface area contributed by atoms with Crippen molar-refractivity contribution >= 4 is 17.5 Å². The van der Waals surface area contributed by atoms with Gasteiger partial charge in [0.15, 0.2) is 0 Å². The number of carbonyl (C=O) groups excluding carboxylic acids is 1. The van der Waals surface area contributed by atoms with Crippen molar-refractivity contribution in [1.82, 2.24) is 10.2 Å². The Labute approximate surface area is 148 Å². The largest absolute Gasteiger partial charge is 0.348 e. The normalized spacial score (nSPS) is 15.2. The molecular formula is C20H23ClN2O. The summed E-state index contributed by atoms with van der Waals surface area (Å²) in [5.74, 6) is -0.0923. The van der Waals surface area contributed by atoms with Crippen LogP contribution in [0.1, 0.15) is 40.7 Å². The van der Waals surface area contributed by atoms with E-state index in [1.807, 2.05) is 6.07 Å². The third kappa shape index (κ3) is 4.59. The minimum absolute atomic E-state index is 0.0923. The van der Waals surface area contributed by atoms with Crippen molar-refractivity contribution in [3.63, 3.8) is 0 Å². The molecule has 1 heterocycles. The van der Waals surface area contributed by atoms with E-state index in [0.29, 0.717) is 17.1 Å². The molecule has 4 heteroatoms. The summed E-state index contributed by atoms with van der Waals surface area (Å²) in [7, 11) is 0. The van der Waals surface area contributed by atoms with E-state index in [1.54, 1.807) is 24.3 Å². The number of rotatable bonds is 5. The summed E-state index contributed by atoms with van der Waals surface area (Å²) < 4.78 is 0. The highest BCUT2D eigenvalue weighted by Crippen LogP contribution is 2.16. The smallest absolute Gasteiger partial charge is 0.251 e. The van der Waals surface area contributed by atoms with Crippen LogP contribution in [0.4, 0.5) is 0 Å². The molecule has 1 amide bonds.